The molecule has 20 heavy (non-hydrogen) atoms. The Labute approximate surface area is 120 Å². The van der Waals surface area contributed by atoms with Gasteiger partial charge in [0, 0.05) is 18.4 Å². The van der Waals surface area contributed by atoms with Crippen LogP contribution in [0.25, 0.3) is 0 Å². The second-order valence-electron chi connectivity index (χ2n) is 4.84. The Bertz CT molecular complexity index is 561. The summed E-state index contributed by atoms with van der Waals surface area (Å²) in [7, 11) is 0. The Kier molecular flexibility index (Phi) is 4.71. The number of aromatic nitrogens is 2. The maximum atomic E-state index is 4.38. The molecule has 2 N–H and O–H groups in total. The Morgan fingerprint density at radius 2 is 1.95 bits per heavy atom. The summed E-state index contributed by atoms with van der Waals surface area (Å²) >= 11 is 0. The molecule has 1 aromatic carbocycles. The molecule has 4 heteroatoms. The molecule has 0 bridgehead atoms. The van der Waals surface area contributed by atoms with Crippen molar-refractivity contribution < 1.29 is 0 Å². The van der Waals surface area contributed by atoms with Crippen LogP contribution >= 0.6 is 0 Å². The molecule has 0 unspecified atom stereocenters. The predicted octanol–water partition coefficient (Wildman–Crippen LogP) is 3.94. The van der Waals surface area contributed by atoms with Crippen LogP contribution in [0.3, 0.4) is 0 Å². The summed E-state index contributed by atoms with van der Waals surface area (Å²) in [5.41, 5.74) is 2.30. The Morgan fingerprint density at radius 3 is 2.60 bits per heavy atom. The molecule has 104 valence electrons. The Balaban J connectivity index is 2.07. The van der Waals surface area contributed by atoms with Crippen molar-refractivity contribution in [2.45, 2.75) is 19.8 Å². The molecule has 0 radical (unpaired) electrons. The van der Waals surface area contributed by atoms with Gasteiger partial charge in [0.15, 0.2) is 0 Å². The smallest absolute Gasteiger partial charge is 0.229 e. The van der Waals surface area contributed by atoms with Crippen molar-refractivity contribution in [3.63, 3.8) is 0 Å². The lowest BCUT2D eigenvalue weighted by molar-refractivity contribution is 0.867. The van der Waals surface area contributed by atoms with Crippen molar-refractivity contribution in [3.05, 3.63) is 54.7 Å². The number of nitrogens with one attached hydrogen (secondary N) is 2. The van der Waals surface area contributed by atoms with Gasteiger partial charge in [0.2, 0.25) is 5.95 Å². The standard InChI is InChI=1S/C16H20N4/c1-4-10-17-15-9-11-18-16(20-15)19-14-7-5-13(6-8-14)12(2)3/h4-9,11-12H,1,10H2,2-3H3,(H2,17,18,19,20). The van der Waals surface area contributed by atoms with Crippen LogP contribution in [0.5, 0.6) is 0 Å². The van der Waals surface area contributed by atoms with E-state index in [4.69, 9.17) is 0 Å². The molecule has 0 atom stereocenters. The minimum Gasteiger partial charge on any atom is -0.366 e. The van der Waals surface area contributed by atoms with E-state index in [1.807, 2.05) is 18.2 Å². The first-order valence-corrected chi connectivity index (χ1v) is 6.74. The molecule has 1 heterocycles. The Morgan fingerprint density at radius 1 is 1.20 bits per heavy atom. The maximum absolute atomic E-state index is 4.38. The third-order valence-electron chi connectivity index (χ3n) is 2.92. The lowest BCUT2D eigenvalue weighted by atomic mass is 10.0. The van der Waals surface area contributed by atoms with Crippen molar-refractivity contribution >= 4 is 17.5 Å². The average molecular weight is 268 g/mol. The van der Waals surface area contributed by atoms with E-state index in [9.17, 15) is 0 Å². The quantitative estimate of drug-likeness (QED) is 0.779. The maximum Gasteiger partial charge on any atom is 0.229 e. The average Bonchev–Trinajstić information content (AvgIpc) is 2.46. The molecular formula is C16H20N4. The minimum atomic E-state index is 0.534. The van der Waals surface area contributed by atoms with Crippen molar-refractivity contribution in [2.24, 2.45) is 0 Å². The molecule has 4 nitrogen and oxygen atoms in total. The van der Waals surface area contributed by atoms with Gasteiger partial charge in [0.25, 0.3) is 0 Å². The van der Waals surface area contributed by atoms with Crippen molar-refractivity contribution in [1.82, 2.24) is 9.97 Å². The van der Waals surface area contributed by atoms with Gasteiger partial charge < -0.3 is 10.6 Å². The SMILES string of the molecule is C=CCNc1ccnc(Nc2ccc(C(C)C)cc2)n1. The monoisotopic (exact) mass is 268 g/mol. The van der Waals surface area contributed by atoms with Gasteiger partial charge >= 0.3 is 0 Å². The van der Waals surface area contributed by atoms with E-state index in [-0.39, 0.29) is 0 Å². The van der Waals surface area contributed by atoms with Crippen LogP contribution in [-0.2, 0) is 0 Å². The van der Waals surface area contributed by atoms with Gasteiger partial charge in [-0.05, 0) is 29.7 Å². The van der Waals surface area contributed by atoms with Crippen molar-refractivity contribution in [2.75, 3.05) is 17.2 Å². The van der Waals surface area contributed by atoms with E-state index < -0.39 is 0 Å². The third kappa shape index (κ3) is 3.82. The van der Waals surface area contributed by atoms with Gasteiger partial charge in [-0.3, -0.25) is 0 Å². The summed E-state index contributed by atoms with van der Waals surface area (Å²) in [5, 5.41) is 6.33. The topological polar surface area (TPSA) is 49.8 Å². The summed E-state index contributed by atoms with van der Waals surface area (Å²) in [4.78, 5) is 8.59. The molecule has 0 fully saturated rings. The molecule has 0 aliphatic rings. The van der Waals surface area contributed by atoms with Gasteiger partial charge in [0.1, 0.15) is 5.82 Å². The highest BCUT2D eigenvalue weighted by molar-refractivity contribution is 5.55. The van der Waals surface area contributed by atoms with Gasteiger partial charge in [0.05, 0.1) is 0 Å². The molecule has 0 aliphatic heterocycles. The van der Waals surface area contributed by atoms with Crippen LogP contribution in [-0.4, -0.2) is 16.5 Å². The van der Waals surface area contributed by atoms with E-state index in [1.165, 1.54) is 5.56 Å². The number of anilines is 3. The first-order chi connectivity index (χ1) is 9.69. The normalized spacial score (nSPS) is 10.3. The van der Waals surface area contributed by atoms with E-state index in [1.54, 1.807) is 12.3 Å². The highest BCUT2D eigenvalue weighted by atomic mass is 15.1. The van der Waals surface area contributed by atoms with Crippen LogP contribution in [0.1, 0.15) is 25.3 Å². The van der Waals surface area contributed by atoms with Crippen LogP contribution in [0, 0.1) is 0 Å². The molecule has 0 saturated carbocycles. The largest absolute Gasteiger partial charge is 0.366 e. The number of benzene rings is 1. The van der Waals surface area contributed by atoms with Gasteiger partial charge in [-0.2, -0.15) is 4.98 Å². The summed E-state index contributed by atoms with van der Waals surface area (Å²) in [6.07, 6.45) is 3.52. The van der Waals surface area contributed by atoms with E-state index in [0.717, 1.165) is 11.5 Å². The lowest BCUT2D eigenvalue weighted by Gasteiger charge is -2.09. The van der Waals surface area contributed by atoms with Crippen molar-refractivity contribution in [3.8, 4) is 0 Å². The van der Waals surface area contributed by atoms with Crippen molar-refractivity contribution in [1.29, 1.82) is 0 Å². The lowest BCUT2D eigenvalue weighted by Crippen LogP contribution is -2.03. The zero-order valence-electron chi connectivity index (χ0n) is 11.9. The highest BCUT2D eigenvalue weighted by Gasteiger charge is 2.01. The fraction of sp³-hybridized carbons (Fsp3) is 0.250. The zero-order chi connectivity index (χ0) is 14.4. The predicted molar refractivity (Wildman–Crippen MR) is 84.5 cm³/mol. The molecule has 0 aliphatic carbocycles. The number of rotatable bonds is 6. The molecular weight excluding hydrogens is 248 g/mol. The Hall–Kier alpha value is -2.36. The minimum absolute atomic E-state index is 0.534. The van der Waals surface area contributed by atoms with Crippen LogP contribution < -0.4 is 10.6 Å². The number of nitrogens with zero attached hydrogens (tertiary/aromatic N) is 2. The van der Waals surface area contributed by atoms with Crippen LogP contribution in [0.2, 0.25) is 0 Å². The molecule has 1 aromatic heterocycles. The van der Waals surface area contributed by atoms with Crippen LogP contribution in [0.15, 0.2) is 49.2 Å². The van der Waals surface area contributed by atoms with Gasteiger partial charge in [-0.1, -0.05) is 32.1 Å². The van der Waals surface area contributed by atoms with E-state index >= 15 is 0 Å². The zero-order valence-corrected chi connectivity index (χ0v) is 11.9. The van der Waals surface area contributed by atoms with Gasteiger partial charge in [-0.25, -0.2) is 4.98 Å². The molecule has 0 amide bonds. The first-order valence-electron chi connectivity index (χ1n) is 6.74. The van der Waals surface area contributed by atoms with Crippen LogP contribution in [0.4, 0.5) is 17.5 Å². The third-order valence-corrected chi connectivity index (χ3v) is 2.92. The molecule has 0 spiro atoms. The summed E-state index contributed by atoms with van der Waals surface area (Å²) < 4.78 is 0. The summed E-state index contributed by atoms with van der Waals surface area (Å²) in [6.45, 7) is 8.71. The fourth-order valence-electron chi connectivity index (χ4n) is 1.77. The molecule has 2 rings (SSSR count). The second kappa shape index (κ2) is 6.70. The van der Waals surface area contributed by atoms with E-state index in [2.05, 4.69) is 53.2 Å². The molecule has 2 aromatic rings. The molecule has 0 saturated heterocycles. The first kappa shape index (κ1) is 14.1. The van der Waals surface area contributed by atoms with E-state index in [0.29, 0.717) is 18.4 Å². The fourth-order valence-corrected chi connectivity index (χ4v) is 1.77. The number of hydrogen-bond donors (Lipinski definition) is 2. The summed E-state index contributed by atoms with van der Waals surface area (Å²) in [6, 6.07) is 10.2. The van der Waals surface area contributed by atoms with Gasteiger partial charge in [-0.15, -0.1) is 6.58 Å². The highest BCUT2D eigenvalue weighted by Crippen LogP contribution is 2.19. The number of hydrogen-bond acceptors (Lipinski definition) is 4. The second-order valence-corrected chi connectivity index (χ2v) is 4.84. The summed E-state index contributed by atoms with van der Waals surface area (Å²) in [5.74, 6) is 1.89.